The van der Waals surface area contributed by atoms with Gasteiger partial charge in [-0.05, 0) is 17.5 Å². The lowest BCUT2D eigenvalue weighted by Gasteiger charge is -2.11. The fourth-order valence-electron chi connectivity index (χ4n) is 2.31. The van der Waals surface area contributed by atoms with Crippen LogP contribution in [0.25, 0.3) is 11.0 Å². The van der Waals surface area contributed by atoms with Crippen molar-refractivity contribution in [3.63, 3.8) is 0 Å². The third kappa shape index (κ3) is 3.57. The molecule has 3 N–H and O–H groups in total. The molecule has 0 amide bonds. The standard InChI is InChI=1S/C16H19N5O2/c1-2-7-23-10-12-6-4-3-5-11(12)8-17-16-19-14-13(9-18-21-14)15(22)20-16/h3-6,9H,2,7-8,10H2,1H3,(H3,17,18,19,20,21,22). The van der Waals surface area contributed by atoms with E-state index in [2.05, 4.69) is 32.4 Å². The van der Waals surface area contributed by atoms with Crippen LogP contribution in [0.5, 0.6) is 0 Å². The highest BCUT2D eigenvalue weighted by Gasteiger charge is 2.06. The topological polar surface area (TPSA) is 95.7 Å². The van der Waals surface area contributed by atoms with Gasteiger partial charge in [-0.3, -0.25) is 14.9 Å². The number of hydrogen-bond acceptors (Lipinski definition) is 5. The Balaban J connectivity index is 1.73. The van der Waals surface area contributed by atoms with Gasteiger partial charge >= 0.3 is 0 Å². The first kappa shape index (κ1) is 15.2. The van der Waals surface area contributed by atoms with Crippen LogP contribution in [0.1, 0.15) is 24.5 Å². The summed E-state index contributed by atoms with van der Waals surface area (Å²) >= 11 is 0. The summed E-state index contributed by atoms with van der Waals surface area (Å²) in [6.45, 7) is 3.96. The third-order valence-electron chi connectivity index (χ3n) is 3.49. The van der Waals surface area contributed by atoms with E-state index in [0.29, 0.717) is 30.1 Å². The number of aromatic amines is 2. The van der Waals surface area contributed by atoms with Crippen molar-refractivity contribution in [3.8, 4) is 0 Å². The summed E-state index contributed by atoms with van der Waals surface area (Å²) < 4.78 is 5.61. The zero-order chi connectivity index (χ0) is 16.1. The Morgan fingerprint density at radius 3 is 2.91 bits per heavy atom. The number of rotatable bonds is 7. The van der Waals surface area contributed by atoms with Crippen molar-refractivity contribution in [2.45, 2.75) is 26.5 Å². The minimum atomic E-state index is -0.217. The number of nitrogens with zero attached hydrogens (tertiary/aromatic N) is 2. The van der Waals surface area contributed by atoms with Crippen LogP contribution in [-0.4, -0.2) is 26.8 Å². The molecule has 0 bridgehead atoms. The Hall–Kier alpha value is -2.67. The molecule has 7 nitrogen and oxygen atoms in total. The third-order valence-corrected chi connectivity index (χ3v) is 3.49. The fourth-order valence-corrected chi connectivity index (χ4v) is 2.31. The average Bonchev–Trinajstić information content (AvgIpc) is 3.03. The van der Waals surface area contributed by atoms with Crippen molar-refractivity contribution in [3.05, 3.63) is 51.9 Å². The van der Waals surface area contributed by atoms with E-state index in [-0.39, 0.29) is 5.56 Å². The van der Waals surface area contributed by atoms with Gasteiger partial charge in [0.2, 0.25) is 5.95 Å². The molecule has 0 aliphatic rings. The van der Waals surface area contributed by atoms with Gasteiger partial charge in [0.25, 0.3) is 5.56 Å². The zero-order valence-electron chi connectivity index (χ0n) is 12.9. The Morgan fingerprint density at radius 1 is 1.26 bits per heavy atom. The number of hydrogen-bond donors (Lipinski definition) is 3. The van der Waals surface area contributed by atoms with E-state index in [9.17, 15) is 4.79 Å². The molecule has 3 rings (SSSR count). The molecular formula is C16H19N5O2. The van der Waals surface area contributed by atoms with E-state index < -0.39 is 0 Å². The molecule has 1 aromatic carbocycles. The van der Waals surface area contributed by atoms with Gasteiger partial charge in [-0.25, -0.2) is 0 Å². The Bertz CT molecular complexity index is 840. The van der Waals surface area contributed by atoms with Crippen LogP contribution in [0, 0.1) is 0 Å². The van der Waals surface area contributed by atoms with Crippen LogP contribution >= 0.6 is 0 Å². The van der Waals surface area contributed by atoms with Crippen molar-refractivity contribution >= 4 is 17.0 Å². The molecular weight excluding hydrogens is 294 g/mol. The number of aromatic nitrogens is 4. The van der Waals surface area contributed by atoms with E-state index in [4.69, 9.17) is 4.74 Å². The van der Waals surface area contributed by atoms with Gasteiger partial charge in [0.15, 0.2) is 5.65 Å². The predicted octanol–water partition coefficient (Wildman–Crippen LogP) is 2.18. The van der Waals surface area contributed by atoms with Crippen LogP contribution in [0.15, 0.2) is 35.3 Å². The molecule has 7 heteroatoms. The Labute approximate surface area is 133 Å². The van der Waals surface area contributed by atoms with E-state index in [1.165, 1.54) is 6.20 Å². The van der Waals surface area contributed by atoms with Gasteiger partial charge in [0, 0.05) is 13.2 Å². The lowest BCUT2D eigenvalue weighted by Crippen LogP contribution is -2.13. The molecule has 0 saturated heterocycles. The quantitative estimate of drug-likeness (QED) is 0.581. The second kappa shape index (κ2) is 7.06. The van der Waals surface area contributed by atoms with Crippen molar-refractivity contribution in [1.29, 1.82) is 0 Å². The number of benzene rings is 1. The molecule has 0 spiro atoms. The van der Waals surface area contributed by atoms with Crippen molar-refractivity contribution in [1.82, 2.24) is 20.2 Å². The smallest absolute Gasteiger partial charge is 0.263 e. The van der Waals surface area contributed by atoms with Crippen LogP contribution in [0.2, 0.25) is 0 Å². The maximum absolute atomic E-state index is 11.9. The van der Waals surface area contributed by atoms with Gasteiger partial charge in [-0.1, -0.05) is 31.2 Å². The predicted molar refractivity (Wildman–Crippen MR) is 88.2 cm³/mol. The molecule has 0 aliphatic carbocycles. The first-order chi connectivity index (χ1) is 11.3. The lowest BCUT2D eigenvalue weighted by atomic mass is 10.1. The maximum atomic E-state index is 11.9. The molecule has 23 heavy (non-hydrogen) atoms. The molecule has 2 heterocycles. The summed E-state index contributed by atoms with van der Waals surface area (Å²) in [5.74, 6) is 0.413. The summed E-state index contributed by atoms with van der Waals surface area (Å²) in [6, 6.07) is 8.05. The second-order valence-corrected chi connectivity index (χ2v) is 5.22. The molecule has 0 aliphatic heterocycles. The van der Waals surface area contributed by atoms with Gasteiger partial charge in [0.1, 0.15) is 5.39 Å². The summed E-state index contributed by atoms with van der Waals surface area (Å²) in [4.78, 5) is 18.9. The van der Waals surface area contributed by atoms with Crippen molar-refractivity contribution < 1.29 is 4.74 Å². The van der Waals surface area contributed by atoms with Gasteiger partial charge in [-0.15, -0.1) is 0 Å². The van der Waals surface area contributed by atoms with Gasteiger partial charge in [-0.2, -0.15) is 10.1 Å². The molecule has 0 fully saturated rings. The van der Waals surface area contributed by atoms with E-state index in [1.54, 1.807) is 0 Å². The van der Waals surface area contributed by atoms with Crippen LogP contribution in [0.4, 0.5) is 5.95 Å². The molecule has 120 valence electrons. The first-order valence-electron chi connectivity index (χ1n) is 7.59. The average molecular weight is 313 g/mol. The first-order valence-corrected chi connectivity index (χ1v) is 7.59. The number of nitrogens with one attached hydrogen (secondary N) is 3. The Morgan fingerprint density at radius 2 is 2.09 bits per heavy atom. The minimum Gasteiger partial charge on any atom is -0.377 e. The number of H-pyrrole nitrogens is 2. The highest BCUT2D eigenvalue weighted by molar-refractivity contribution is 5.73. The molecule has 3 aromatic rings. The summed E-state index contributed by atoms with van der Waals surface area (Å²) in [5.41, 5.74) is 2.48. The van der Waals surface area contributed by atoms with Gasteiger partial charge < -0.3 is 10.1 Å². The highest BCUT2D eigenvalue weighted by Crippen LogP contribution is 2.12. The minimum absolute atomic E-state index is 0.217. The monoisotopic (exact) mass is 313 g/mol. The molecule has 0 radical (unpaired) electrons. The number of ether oxygens (including phenoxy) is 1. The van der Waals surface area contributed by atoms with Crippen molar-refractivity contribution in [2.75, 3.05) is 11.9 Å². The van der Waals surface area contributed by atoms with Crippen LogP contribution < -0.4 is 10.9 Å². The van der Waals surface area contributed by atoms with Gasteiger partial charge in [0.05, 0.1) is 12.8 Å². The fraction of sp³-hybridized carbons (Fsp3) is 0.312. The number of fused-ring (bicyclic) bond motifs is 1. The largest absolute Gasteiger partial charge is 0.377 e. The lowest BCUT2D eigenvalue weighted by molar-refractivity contribution is 0.121. The van der Waals surface area contributed by atoms with E-state index >= 15 is 0 Å². The number of anilines is 1. The summed E-state index contributed by atoms with van der Waals surface area (Å²) in [6.07, 6.45) is 2.46. The normalized spacial score (nSPS) is 11.0. The van der Waals surface area contributed by atoms with Crippen LogP contribution in [0.3, 0.4) is 0 Å². The van der Waals surface area contributed by atoms with E-state index in [0.717, 1.165) is 24.2 Å². The maximum Gasteiger partial charge on any atom is 0.263 e. The molecule has 0 unspecified atom stereocenters. The Kier molecular flexibility index (Phi) is 4.68. The SMILES string of the molecule is CCCOCc1ccccc1CNc1nc2[nH]ncc2c(=O)[nH]1. The molecule has 0 atom stereocenters. The molecule has 0 saturated carbocycles. The van der Waals surface area contributed by atoms with E-state index in [1.807, 2.05) is 24.3 Å². The summed E-state index contributed by atoms with van der Waals surface area (Å²) in [7, 11) is 0. The second-order valence-electron chi connectivity index (χ2n) is 5.22. The van der Waals surface area contributed by atoms with Crippen LogP contribution in [-0.2, 0) is 17.9 Å². The van der Waals surface area contributed by atoms with Crippen molar-refractivity contribution in [2.24, 2.45) is 0 Å². The molecule has 2 aromatic heterocycles. The summed E-state index contributed by atoms with van der Waals surface area (Å²) in [5, 5.41) is 10.1. The highest BCUT2D eigenvalue weighted by atomic mass is 16.5. The zero-order valence-corrected chi connectivity index (χ0v) is 12.9.